The van der Waals surface area contributed by atoms with Gasteiger partial charge in [-0.05, 0) is 35.2 Å². The normalized spacial score (nSPS) is 13.3. The zero-order valence-electron chi connectivity index (χ0n) is 13.3. The third-order valence-corrected chi connectivity index (χ3v) is 4.22. The highest BCUT2D eigenvalue weighted by Crippen LogP contribution is 2.31. The summed E-state index contributed by atoms with van der Waals surface area (Å²) in [6.07, 6.45) is 0.740. The van der Waals surface area contributed by atoms with Gasteiger partial charge >= 0.3 is 0 Å². The van der Waals surface area contributed by atoms with Gasteiger partial charge in [0.05, 0.1) is 12.6 Å². The molecule has 1 atom stereocenters. The van der Waals surface area contributed by atoms with Crippen molar-refractivity contribution in [1.82, 2.24) is 0 Å². The highest BCUT2D eigenvalue weighted by atomic mass is 16.5. The number of hydrogen-bond donors (Lipinski definition) is 1. The number of rotatable bonds is 5. The first-order valence-electron chi connectivity index (χ1n) is 7.75. The standard InChI is InChI=1S/C21H21NO/c1-23-20-14-12-19(13-15-20)21(22,18-10-6-3-7-11-18)16-17-8-4-2-5-9-17/h2-15H,16,22H2,1H3. The fourth-order valence-corrected chi connectivity index (χ4v) is 2.91. The van der Waals surface area contributed by atoms with E-state index < -0.39 is 5.54 Å². The second-order valence-corrected chi connectivity index (χ2v) is 5.73. The fourth-order valence-electron chi connectivity index (χ4n) is 2.91. The second-order valence-electron chi connectivity index (χ2n) is 5.73. The minimum absolute atomic E-state index is 0.575. The van der Waals surface area contributed by atoms with Crippen molar-refractivity contribution in [3.8, 4) is 5.75 Å². The Kier molecular flexibility index (Phi) is 4.45. The van der Waals surface area contributed by atoms with Gasteiger partial charge < -0.3 is 10.5 Å². The Morgan fingerprint density at radius 3 is 1.83 bits per heavy atom. The molecule has 116 valence electrons. The maximum Gasteiger partial charge on any atom is 0.118 e. The Labute approximate surface area is 137 Å². The molecule has 3 aromatic rings. The summed E-state index contributed by atoms with van der Waals surface area (Å²) in [6.45, 7) is 0. The van der Waals surface area contributed by atoms with Gasteiger partial charge in [0.15, 0.2) is 0 Å². The van der Waals surface area contributed by atoms with Crippen LogP contribution < -0.4 is 10.5 Å². The van der Waals surface area contributed by atoms with Crippen LogP contribution in [-0.2, 0) is 12.0 Å². The van der Waals surface area contributed by atoms with E-state index in [4.69, 9.17) is 10.5 Å². The van der Waals surface area contributed by atoms with Gasteiger partial charge in [-0.25, -0.2) is 0 Å². The Hall–Kier alpha value is -2.58. The van der Waals surface area contributed by atoms with E-state index in [0.29, 0.717) is 0 Å². The predicted molar refractivity (Wildman–Crippen MR) is 94.5 cm³/mol. The third-order valence-electron chi connectivity index (χ3n) is 4.22. The van der Waals surface area contributed by atoms with E-state index in [1.165, 1.54) is 5.56 Å². The van der Waals surface area contributed by atoms with Gasteiger partial charge in [0, 0.05) is 0 Å². The van der Waals surface area contributed by atoms with E-state index in [2.05, 4.69) is 48.5 Å². The molecule has 2 nitrogen and oxygen atoms in total. The Balaban J connectivity index is 2.05. The maximum absolute atomic E-state index is 6.92. The van der Waals surface area contributed by atoms with Gasteiger partial charge in [-0.1, -0.05) is 72.8 Å². The zero-order chi connectivity index (χ0) is 16.1. The van der Waals surface area contributed by atoms with Crippen LogP contribution in [0.1, 0.15) is 16.7 Å². The highest BCUT2D eigenvalue weighted by Gasteiger charge is 2.29. The SMILES string of the molecule is COc1ccc(C(N)(Cc2ccccc2)c2ccccc2)cc1. The smallest absolute Gasteiger partial charge is 0.118 e. The first kappa shape index (κ1) is 15.3. The topological polar surface area (TPSA) is 35.2 Å². The average molecular weight is 303 g/mol. The molecule has 2 N–H and O–H groups in total. The summed E-state index contributed by atoms with van der Waals surface area (Å²) in [5.74, 6) is 0.837. The van der Waals surface area contributed by atoms with Crippen LogP contribution in [-0.4, -0.2) is 7.11 Å². The molecule has 0 aliphatic rings. The third kappa shape index (κ3) is 3.27. The van der Waals surface area contributed by atoms with Gasteiger partial charge in [-0.2, -0.15) is 0 Å². The lowest BCUT2D eigenvalue weighted by Crippen LogP contribution is -2.40. The number of methoxy groups -OCH3 is 1. The first-order chi connectivity index (χ1) is 11.2. The predicted octanol–water partition coefficient (Wildman–Crippen LogP) is 4.14. The van der Waals surface area contributed by atoms with E-state index in [0.717, 1.165) is 23.3 Å². The van der Waals surface area contributed by atoms with E-state index in [1.54, 1.807) is 7.11 Å². The van der Waals surface area contributed by atoms with Crippen LogP contribution in [0.5, 0.6) is 5.75 Å². The van der Waals surface area contributed by atoms with Crippen molar-refractivity contribution < 1.29 is 4.74 Å². The molecular weight excluding hydrogens is 282 g/mol. The lowest BCUT2D eigenvalue weighted by molar-refractivity contribution is 0.414. The van der Waals surface area contributed by atoms with Crippen molar-refractivity contribution in [2.45, 2.75) is 12.0 Å². The average Bonchev–Trinajstić information content (AvgIpc) is 2.63. The summed E-state index contributed by atoms with van der Waals surface area (Å²) in [6, 6.07) is 28.7. The number of benzene rings is 3. The van der Waals surface area contributed by atoms with Gasteiger partial charge in [0.2, 0.25) is 0 Å². The molecule has 0 saturated carbocycles. The molecule has 3 rings (SSSR count). The molecule has 1 unspecified atom stereocenters. The summed E-state index contributed by atoms with van der Waals surface area (Å²) in [7, 11) is 1.67. The molecule has 0 bridgehead atoms. The van der Waals surface area contributed by atoms with Crippen molar-refractivity contribution >= 4 is 0 Å². The summed E-state index contributed by atoms with van der Waals surface area (Å²) in [5.41, 5.74) is 9.75. The zero-order valence-corrected chi connectivity index (χ0v) is 13.3. The second kappa shape index (κ2) is 6.67. The summed E-state index contributed by atoms with van der Waals surface area (Å²) < 4.78 is 5.27. The Bertz CT molecular complexity index is 738. The summed E-state index contributed by atoms with van der Waals surface area (Å²) >= 11 is 0. The van der Waals surface area contributed by atoms with Crippen molar-refractivity contribution in [3.05, 3.63) is 102 Å². The maximum atomic E-state index is 6.92. The van der Waals surface area contributed by atoms with Crippen molar-refractivity contribution in [3.63, 3.8) is 0 Å². The molecule has 0 saturated heterocycles. The van der Waals surface area contributed by atoms with Crippen LogP contribution in [0.4, 0.5) is 0 Å². The lowest BCUT2D eigenvalue weighted by Gasteiger charge is -2.31. The molecule has 0 aliphatic heterocycles. The number of ether oxygens (including phenoxy) is 1. The van der Waals surface area contributed by atoms with E-state index in [1.807, 2.05) is 36.4 Å². The van der Waals surface area contributed by atoms with Gasteiger partial charge in [-0.3, -0.25) is 0 Å². The molecule has 0 aliphatic carbocycles. The fraction of sp³-hybridized carbons (Fsp3) is 0.143. The minimum Gasteiger partial charge on any atom is -0.497 e. The molecule has 0 aromatic heterocycles. The van der Waals surface area contributed by atoms with Gasteiger partial charge in [0.1, 0.15) is 5.75 Å². The van der Waals surface area contributed by atoms with Crippen LogP contribution in [0.25, 0.3) is 0 Å². The van der Waals surface area contributed by atoms with Crippen molar-refractivity contribution in [2.75, 3.05) is 7.11 Å². The Morgan fingerprint density at radius 2 is 1.26 bits per heavy atom. The molecule has 2 heteroatoms. The molecule has 0 radical (unpaired) electrons. The minimum atomic E-state index is -0.575. The lowest BCUT2D eigenvalue weighted by atomic mass is 9.79. The van der Waals surface area contributed by atoms with Crippen molar-refractivity contribution in [2.24, 2.45) is 5.73 Å². The van der Waals surface area contributed by atoms with Crippen LogP contribution >= 0.6 is 0 Å². The van der Waals surface area contributed by atoms with E-state index in [-0.39, 0.29) is 0 Å². The molecule has 0 heterocycles. The molecule has 23 heavy (non-hydrogen) atoms. The molecule has 0 fully saturated rings. The van der Waals surface area contributed by atoms with Crippen molar-refractivity contribution in [1.29, 1.82) is 0 Å². The quantitative estimate of drug-likeness (QED) is 0.769. The van der Waals surface area contributed by atoms with Crippen LogP contribution in [0.15, 0.2) is 84.9 Å². The highest BCUT2D eigenvalue weighted by molar-refractivity contribution is 5.42. The van der Waals surface area contributed by atoms with E-state index in [9.17, 15) is 0 Å². The van der Waals surface area contributed by atoms with Crippen LogP contribution in [0, 0.1) is 0 Å². The summed E-state index contributed by atoms with van der Waals surface area (Å²) in [4.78, 5) is 0. The monoisotopic (exact) mass is 303 g/mol. The largest absolute Gasteiger partial charge is 0.497 e. The summed E-state index contributed by atoms with van der Waals surface area (Å²) in [5, 5.41) is 0. The van der Waals surface area contributed by atoms with Crippen LogP contribution in [0.3, 0.4) is 0 Å². The number of hydrogen-bond acceptors (Lipinski definition) is 2. The molecule has 0 amide bonds. The first-order valence-corrected chi connectivity index (χ1v) is 7.75. The van der Waals surface area contributed by atoms with Gasteiger partial charge in [0.25, 0.3) is 0 Å². The van der Waals surface area contributed by atoms with E-state index >= 15 is 0 Å². The molecule has 0 spiro atoms. The van der Waals surface area contributed by atoms with Gasteiger partial charge in [-0.15, -0.1) is 0 Å². The number of nitrogens with two attached hydrogens (primary N) is 1. The van der Waals surface area contributed by atoms with Crippen LogP contribution in [0.2, 0.25) is 0 Å². The molecule has 3 aromatic carbocycles. The Morgan fingerprint density at radius 1 is 0.739 bits per heavy atom. The molecular formula is C21H21NO.